The van der Waals surface area contributed by atoms with Crippen molar-refractivity contribution in [1.82, 2.24) is 0 Å². The van der Waals surface area contributed by atoms with Crippen molar-refractivity contribution in [2.45, 2.75) is 0 Å². The van der Waals surface area contributed by atoms with Crippen molar-refractivity contribution in [1.29, 1.82) is 0 Å². The van der Waals surface area contributed by atoms with Gasteiger partial charge in [0.1, 0.15) is 7.05 Å². The molecule has 1 aromatic heterocycles. The fourth-order valence-electron chi connectivity index (χ4n) is 1.24. The molecule has 2 rings (SSSR count). The van der Waals surface area contributed by atoms with E-state index in [1.807, 2.05) is 7.05 Å². The third-order valence-corrected chi connectivity index (χ3v) is 2.44. The zero-order valence-corrected chi connectivity index (χ0v) is 10.3. The lowest BCUT2D eigenvalue weighted by atomic mass is 10.2. The highest BCUT2D eigenvalue weighted by Gasteiger charge is 1.94. The topological polar surface area (TPSA) is 70.3 Å². The Hall–Kier alpha value is -1.50. The lowest BCUT2D eigenvalue weighted by Crippen LogP contribution is -2.25. The molecule has 0 radical (unpaired) electrons. The molecule has 6 heteroatoms. The Kier molecular flexibility index (Phi) is 4.56. The second-order valence-electron chi connectivity index (χ2n) is 3.31. The van der Waals surface area contributed by atoms with E-state index in [4.69, 9.17) is 0 Å². The van der Waals surface area contributed by atoms with Gasteiger partial charge in [0.2, 0.25) is 10.4 Å². The predicted molar refractivity (Wildman–Crippen MR) is 61.8 cm³/mol. The number of hydrogen-bond donors (Lipinski definition) is 0. The van der Waals surface area contributed by atoms with Crippen LogP contribution in [0.25, 0.3) is 10.8 Å². The first-order chi connectivity index (χ1) is 7.92. The molecule has 1 heterocycles. The zero-order valence-electron chi connectivity index (χ0n) is 9.53. The molecular weight excluding hydrogens is 242 g/mol. The van der Waals surface area contributed by atoms with Gasteiger partial charge in [0.05, 0.1) is 7.11 Å². The lowest BCUT2D eigenvalue weighted by molar-refractivity contribution is -0.670. The summed E-state index contributed by atoms with van der Waals surface area (Å²) in [4.78, 5) is 0. The van der Waals surface area contributed by atoms with Crippen LogP contribution in [0, 0.1) is 0 Å². The van der Waals surface area contributed by atoms with Crippen LogP contribution in [0.2, 0.25) is 0 Å². The van der Waals surface area contributed by atoms with Gasteiger partial charge in [-0.2, -0.15) is 0 Å². The monoisotopic (exact) mass is 255 g/mol. The molecule has 0 spiro atoms. The summed E-state index contributed by atoms with van der Waals surface area (Å²) in [5, 5.41) is 2.59. The summed E-state index contributed by atoms with van der Waals surface area (Å²) in [6, 6.07) is 10.5. The van der Waals surface area contributed by atoms with Crippen molar-refractivity contribution >= 4 is 21.2 Å². The molecule has 0 fully saturated rings. The van der Waals surface area contributed by atoms with Gasteiger partial charge in [-0.1, -0.05) is 18.2 Å². The van der Waals surface area contributed by atoms with Crippen LogP contribution in [-0.2, 0) is 21.6 Å². The van der Waals surface area contributed by atoms with Crippen molar-refractivity contribution in [2.24, 2.45) is 7.05 Å². The standard InChI is InChI=1S/C10H10N.CH4O4S/c1-11-7-6-9-4-2-3-5-10(9)8-11;1-5-6(2,3)4/h2-8H,1H3;1H3,(H,2,3,4)/q+1;/p-1. The molecule has 0 amide bonds. The Bertz CT molecular complexity index is 595. The highest BCUT2D eigenvalue weighted by Crippen LogP contribution is 2.08. The van der Waals surface area contributed by atoms with E-state index < -0.39 is 10.4 Å². The smallest absolute Gasteiger partial charge is 0.217 e. The number of aromatic nitrogens is 1. The molecule has 92 valence electrons. The second kappa shape index (κ2) is 5.72. The SMILES string of the molecule is COS(=O)(=O)[O-].C[n+]1ccc2ccccc2c1. The van der Waals surface area contributed by atoms with Crippen LogP contribution in [0.5, 0.6) is 0 Å². The minimum atomic E-state index is -4.41. The lowest BCUT2D eigenvalue weighted by Gasteiger charge is -1.98. The molecule has 0 atom stereocenters. The van der Waals surface area contributed by atoms with E-state index in [9.17, 15) is 13.0 Å². The van der Waals surface area contributed by atoms with E-state index in [0.717, 1.165) is 7.11 Å². The number of nitrogens with zero attached hydrogens (tertiary/aromatic N) is 1. The largest absolute Gasteiger partial charge is 0.726 e. The maximum atomic E-state index is 9.22. The van der Waals surface area contributed by atoms with E-state index >= 15 is 0 Å². The summed E-state index contributed by atoms with van der Waals surface area (Å²) in [7, 11) is -1.57. The maximum Gasteiger partial charge on any atom is 0.217 e. The molecule has 0 aliphatic rings. The van der Waals surface area contributed by atoms with Crippen LogP contribution in [0.4, 0.5) is 0 Å². The Balaban J connectivity index is 0.000000209. The first kappa shape index (κ1) is 13.6. The summed E-state index contributed by atoms with van der Waals surface area (Å²) in [5.74, 6) is 0. The Morgan fingerprint density at radius 3 is 2.24 bits per heavy atom. The Morgan fingerprint density at radius 1 is 1.18 bits per heavy atom. The van der Waals surface area contributed by atoms with Gasteiger partial charge < -0.3 is 4.55 Å². The number of aryl methyl sites for hydroxylation is 1. The van der Waals surface area contributed by atoms with Gasteiger partial charge >= 0.3 is 0 Å². The average Bonchev–Trinajstić information content (AvgIpc) is 2.29. The first-order valence-electron chi connectivity index (χ1n) is 4.78. The van der Waals surface area contributed by atoms with Gasteiger partial charge in [0, 0.05) is 11.5 Å². The van der Waals surface area contributed by atoms with Crippen LogP contribution in [0.3, 0.4) is 0 Å². The fourth-order valence-corrected chi connectivity index (χ4v) is 1.24. The highest BCUT2D eigenvalue weighted by molar-refractivity contribution is 7.80. The quantitative estimate of drug-likeness (QED) is 0.428. The second-order valence-corrected chi connectivity index (χ2v) is 4.46. The summed E-state index contributed by atoms with van der Waals surface area (Å²) >= 11 is 0. The number of rotatable bonds is 1. The van der Waals surface area contributed by atoms with Crippen LogP contribution < -0.4 is 4.57 Å². The molecule has 0 unspecified atom stereocenters. The van der Waals surface area contributed by atoms with E-state index in [0.29, 0.717) is 0 Å². The van der Waals surface area contributed by atoms with Gasteiger partial charge in [0.25, 0.3) is 0 Å². The van der Waals surface area contributed by atoms with Crippen molar-refractivity contribution in [2.75, 3.05) is 7.11 Å². The Morgan fingerprint density at radius 2 is 1.71 bits per heavy atom. The Labute approximate surface area is 100 Å². The molecule has 1 aromatic carbocycles. The van der Waals surface area contributed by atoms with E-state index in [2.05, 4.69) is 51.5 Å². The molecule has 0 N–H and O–H groups in total. The van der Waals surface area contributed by atoms with Gasteiger partial charge in [0.15, 0.2) is 12.4 Å². The number of pyridine rings is 1. The van der Waals surface area contributed by atoms with Gasteiger partial charge in [-0.25, -0.2) is 13.0 Å². The molecule has 5 nitrogen and oxygen atoms in total. The highest BCUT2D eigenvalue weighted by atomic mass is 32.3. The third-order valence-electron chi connectivity index (χ3n) is 2.03. The van der Waals surface area contributed by atoms with E-state index in [1.165, 1.54) is 10.8 Å². The van der Waals surface area contributed by atoms with Crippen molar-refractivity contribution in [3.05, 3.63) is 42.7 Å². The van der Waals surface area contributed by atoms with Crippen LogP contribution in [0.15, 0.2) is 42.7 Å². The minimum absolute atomic E-state index is 0.808. The van der Waals surface area contributed by atoms with E-state index in [1.54, 1.807) is 0 Å². The molecule has 0 aliphatic heterocycles. The molecule has 0 saturated heterocycles. The molecule has 2 aromatic rings. The van der Waals surface area contributed by atoms with Gasteiger partial charge in [-0.15, -0.1) is 0 Å². The van der Waals surface area contributed by atoms with Crippen molar-refractivity contribution < 1.29 is 21.7 Å². The summed E-state index contributed by atoms with van der Waals surface area (Å²) in [6.07, 6.45) is 4.18. The molecule has 0 aliphatic carbocycles. The number of fused-ring (bicyclic) bond motifs is 1. The van der Waals surface area contributed by atoms with Gasteiger partial charge in [-0.05, 0) is 11.5 Å². The minimum Gasteiger partial charge on any atom is -0.726 e. The van der Waals surface area contributed by atoms with Crippen LogP contribution in [-0.4, -0.2) is 20.1 Å². The van der Waals surface area contributed by atoms with Crippen molar-refractivity contribution in [3.63, 3.8) is 0 Å². The molecule has 0 bridgehead atoms. The van der Waals surface area contributed by atoms with Gasteiger partial charge in [-0.3, -0.25) is 4.18 Å². The summed E-state index contributed by atoms with van der Waals surface area (Å²) < 4.78 is 33.1. The number of benzene rings is 1. The average molecular weight is 255 g/mol. The predicted octanol–water partition coefficient (Wildman–Crippen LogP) is 0.757. The first-order valence-corrected chi connectivity index (χ1v) is 6.11. The molecular formula is C11H13NO4S. The molecule has 17 heavy (non-hydrogen) atoms. The van der Waals surface area contributed by atoms with Crippen LogP contribution in [0.1, 0.15) is 0 Å². The normalized spacial score (nSPS) is 10.8. The van der Waals surface area contributed by atoms with Crippen molar-refractivity contribution in [3.8, 4) is 0 Å². The fraction of sp³-hybridized carbons (Fsp3) is 0.182. The third kappa shape index (κ3) is 4.90. The molecule has 0 saturated carbocycles. The summed E-state index contributed by atoms with van der Waals surface area (Å²) in [6.45, 7) is 0. The van der Waals surface area contributed by atoms with Crippen LogP contribution >= 0.6 is 0 Å². The maximum absolute atomic E-state index is 9.22. The van der Waals surface area contributed by atoms with E-state index in [-0.39, 0.29) is 0 Å². The summed E-state index contributed by atoms with van der Waals surface area (Å²) in [5.41, 5.74) is 0. The number of hydrogen-bond acceptors (Lipinski definition) is 4. The zero-order chi connectivity index (χ0) is 12.9.